The number of rotatable bonds is 7. The predicted molar refractivity (Wildman–Crippen MR) is 100 cm³/mol. The number of hydrogen-bond donors (Lipinski definition) is 3. The molecule has 2 rings (SSSR count). The molecule has 0 bridgehead atoms. The summed E-state index contributed by atoms with van der Waals surface area (Å²) in [5.74, 6) is 0.464. The number of carbonyl (C=O) groups is 2. The molecule has 2 amide bonds. The Bertz CT molecular complexity index is 571. The molecule has 1 unspecified atom stereocenters. The number of amides is 2. The van der Waals surface area contributed by atoms with Crippen LogP contribution >= 0.6 is 12.4 Å². The van der Waals surface area contributed by atoms with Crippen molar-refractivity contribution < 1.29 is 14.3 Å². The van der Waals surface area contributed by atoms with Crippen molar-refractivity contribution in [3.8, 4) is 5.75 Å². The highest BCUT2D eigenvalue weighted by Crippen LogP contribution is 2.23. The summed E-state index contributed by atoms with van der Waals surface area (Å²) >= 11 is 0. The Balaban J connectivity index is 0.00000312. The first-order valence-corrected chi connectivity index (χ1v) is 8.27. The van der Waals surface area contributed by atoms with Crippen LogP contribution in [-0.4, -0.2) is 56.5 Å². The van der Waals surface area contributed by atoms with Crippen LogP contribution in [0.15, 0.2) is 24.3 Å². The van der Waals surface area contributed by atoms with Crippen LogP contribution in [0.25, 0.3) is 0 Å². The highest BCUT2D eigenvalue weighted by atomic mass is 35.5. The standard InChI is InChI=1S/C17H26N4O3.ClH/c1-24-15-7-3-2-6-14(15)20-16(22)12-21-10-4-5-13(11-21)17(23)19-9-8-18;/h2-3,6-7,13H,4-5,8-12,18H2,1H3,(H,19,23)(H,20,22);1H. The molecular weight excluding hydrogens is 344 g/mol. The average Bonchev–Trinajstić information content (AvgIpc) is 2.60. The van der Waals surface area contributed by atoms with E-state index in [1.807, 2.05) is 17.0 Å². The second-order valence-corrected chi connectivity index (χ2v) is 5.90. The van der Waals surface area contributed by atoms with E-state index in [1.165, 1.54) is 0 Å². The van der Waals surface area contributed by atoms with Gasteiger partial charge >= 0.3 is 0 Å². The van der Waals surface area contributed by atoms with E-state index in [1.54, 1.807) is 19.2 Å². The minimum Gasteiger partial charge on any atom is -0.495 e. The molecule has 1 aromatic rings. The average molecular weight is 371 g/mol. The van der Waals surface area contributed by atoms with E-state index in [0.29, 0.717) is 31.1 Å². The zero-order valence-corrected chi connectivity index (χ0v) is 15.3. The fourth-order valence-corrected chi connectivity index (χ4v) is 2.89. The molecule has 1 aliphatic heterocycles. The van der Waals surface area contributed by atoms with Gasteiger partial charge in [0.15, 0.2) is 0 Å². The predicted octanol–water partition coefficient (Wildman–Crippen LogP) is 0.842. The van der Waals surface area contributed by atoms with Crippen molar-refractivity contribution >= 4 is 29.9 Å². The molecule has 1 atom stereocenters. The first kappa shape index (κ1) is 21.2. The maximum atomic E-state index is 12.3. The van der Waals surface area contributed by atoms with Crippen molar-refractivity contribution in [3.05, 3.63) is 24.3 Å². The Morgan fingerprint density at radius 3 is 2.84 bits per heavy atom. The Morgan fingerprint density at radius 1 is 1.36 bits per heavy atom. The molecular formula is C17H27ClN4O3. The normalized spacial score (nSPS) is 17.3. The number of hydrogen-bond acceptors (Lipinski definition) is 5. The molecule has 25 heavy (non-hydrogen) atoms. The van der Waals surface area contributed by atoms with Crippen LogP contribution in [0.4, 0.5) is 5.69 Å². The lowest BCUT2D eigenvalue weighted by Crippen LogP contribution is -2.46. The second kappa shape index (κ2) is 10.9. The van der Waals surface area contributed by atoms with Crippen LogP contribution < -0.4 is 21.1 Å². The van der Waals surface area contributed by atoms with E-state index in [9.17, 15) is 9.59 Å². The van der Waals surface area contributed by atoms with E-state index < -0.39 is 0 Å². The first-order chi connectivity index (χ1) is 11.6. The van der Waals surface area contributed by atoms with E-state index in [2.05, 4.69) is 10.6 Å². The molecule has 0 saturated carbocycles. The molecule has 1 aliphatic rings. The van der Waals surface area contributed by atoms with Gasteiger partial charge in [-0.1, -0.05) is 12.1 Å². The number of nitrogens with one attached hydrogen (secondary N) is 2. The molecule has 1 aromatic carbocycles. The minimum atomic E-state index is -0.109. The molecule has 0 radical (unpaired) electrons. The monoisotopic (exact) mass is 370 g/mol. The van der Waals surface area contributed by atoms with Gasteiger partial charge in [-0.05, 0) is 31.5 Å². The second-order valence-electron chi connectivity index (χ2n) is 5.90. The fraction of sp³-hybridized carbons (Fsp3) is 0.529. The van der Waals surface area contributed by atoms with Gasteiger partial charge < -0.3 is 21.1 Å². The van der Waals surface area contributed by atoms with E-state index >= 15 is 0 Å². The molecule has 8 heteroatoms. The largest absolute Gasteiger partial charge is 0.495 e. The van der Waals surface area contributed by atoms with Crippen LogP contribution in [-0.2, 0) is 9.59 Å². The van der Waals surface area contributed by atoms with Crippen molar-refractivity contribution in [3.63, 3.8) is 0 Å². The van der Waals surface area contributed by atoms with E-state index in [-0.39, 0.29) is 36.7 Å². The zero-order valence-electron chi connectivity index (χ0n) is 14.5. The van der Waals surface area contributed by atoms with Crippen molar-refractivity contribution in [2.24, 2.45) is 11.7 Å². The zero-order chi connectivity index (χ0) is 17.4. The third kappa shape index (κ3) is 6.53. The lowest BCUT2D eigenvalue weighted by molar-refractivity contribution is -0.127. The molecule has 1 heterocycles. The Kier molecular flexibility index (Phi) is 9.26. The van der Waals surface area contributed by atoms with Crippen LogP contribution in [0, 0.1) is 5.92 Å². The molecule has 1 fully saturated rings. The third-order valence-corrected chi connectivity index (χ3v) is 4.07. The van der Waals surface area contributed by atoms with Crippen molar-refractivity contribution in [2.45, 2.75) is 12.8 Å². The quantitative estimate of drug-likeness (QED) is 0.661. The van der Waals surface area contributed by atoms with Gasteiger partial charge in [-0.25, -0.2) is 0 Å². The highest BCUT2D eigenvalue weighted by Gasteiger charge is 2.26. The summed E-state index contributed by atoms with van der Waals surface area (Å²) < 4.78 is 5.23. The first-order valence-electron chi connectivity index (χ1n) is 8.27. The summed E-state index contributed by atoms with van der Waals surface area (Å²) in [5, 5.41) is 5.69. The molecule has 0 aromatic heterocycles. The van der Waals surface area contributed by atoms with E-state index in [0.717, 1.165) is 19.4 Å². The molecule has 140 valence electrons. The number of halogens is 1. The van der Waals surface area contributed by atoms with Gasteiger partial charge in [0.2, 0.25) is 11.8 Å². The van der Waals surface area contributed by atoms with Crippen LogP contribution in [0.3, 0.4) is 0 Å². The lowest BCUT2D eigenvalue weighted by atomic mass is 9.97. The third-order valence-electron chi connectivity index (χ3n) is 4.07. The number of benzene rings is 1. The smallest absolute Gasteiger partial charge is 0.238 e. The van der Waals surface area contributed by atoms with Crippen molar-refractivity contribution in [2.75, 3.05) is 45.2 Å². The Morgan fingerprint density at radius 2 is 2.12 bits per heavy atom. The number of nitrogens with zero attached hydrogens (tertiary/aromatic N) is 1. The molecule has 7 nitrogen and oxygen atoms in total. The highest BCUT2D eigenvalue weighted by molar-refractivity contribution is 5.93. The van der Waals surface area contributed by atoms with Gasteiger partial charge in [0.05, 0.1) is 25.3 Å². The maximum Gasteiger partial charge on any atom is 0.238 e. The molecule has 0 spiro atoms. The van der Waals surface area contributed by atoms with Crippen LogP contribution in [0.2, 0.25) is 0 Å². The molecule has 1 saturated heterocycles. The number of nitrogens with two attached hydrogens (primary N) is 1. The van der Waals surface area contributed by atoms with Crippen molar-refractivity contribution in [1.82, 2.24) is 10.2 Å². The van der Waals surface area contributed by atoms with Crippen molar-refractivity contribution in [1.29, 1.82) is 0 Å². The SMILES string of the molecule is COc1ccccc1NC(=O)CN1CCCC(C(=O)NCCN)C1.Cl. The number of para-hydroxylation sites is 2. The number of carbonyl (C=O) groups excluding carboxylic acids is 2. The van der Waals surface area contributed by atoms with Gasteiger partial charge in [0.25, 0.3) is 0 Å². The van der Waals surface area contributed by atoms with Gasteiger partial charge in [-0.2, -0.15) is 0 Å². The van der Waals surface area contributed by atoms with Gasteiger partial charge in [0.1, 0.15) is 5.75 Å². The Hall–Kier alpha value is -1.83. The summed E-state index contributed by atoms with van der Waals surface area (Å²) in [6.07, 6.45) is 1.75. The van der Waals surface area contributed by atoms with E-state index in [4.69, 9.17) is 10.5 Å². The topological polar surface area (TPSA) is 96.7 Å². The maximum absolute atomic E-state index is 12.3. The summed E-state index contributed by atoms with van der Waals surface area (Å²) in [4.78, 5) is 26.3. The van der Waals surface area contributed by atoms with Gasteiger partial charge in [-0.3, -0.25) is 14.5 Å². The lowest BCUT2D eigenvalue weighted by Gasteiger charge is -2.31. The summed E-state index contributed by atoms with van der Waals surface area (Å²) in [6.45, 7) is 2.60. The number of methoxy groups -OCH3 is 1. The number of likely N-dealkylation sites (tertiary alicyclic amines) is 1. The fourth-order valence-electron chi connectivity index (χ4n) is 2.89. The summed E-state index contributed by atoms with van der Waals surface area (Å²) in [7, 11) is 1.57. The number of piperidine rings is 1. The summed E-state index contributed by atoms with van der Waals surface area (Å²) in [5.41, 5.74) is 6.06. The van der Waals surface area contributed by atoms with Gasteiger partial charge in [0, 0.05) is 19.6 Å². The Labute approximate surface area is 154 Å². The van der Waals surface area contributed by atoms with Crippen LogP contribution in [0.5, 0.6) is 5.75 Å². The number of anilines is 1. The number of ether oxygens (including phenoxy) is 1. The van der Waals surface area contributed by atoms with Gasteiger partial charge in [-0.15, -0.1) is 12.4 Å². The molecule has 4 N–H and O–H groups in total. The molecule has 0 aliphatic carbocycles. The van der Waals surface area contributed by atoms with Crippen LogP contribution in [0.1, 0.15) is 12.8 Å². The minimum absolute atomic E-state index is 0. The summed E-state index contributed by atoms with van der Waals surface area (Å²) in [6, 6.07) is 7.30.